The zero-order valence-electron chi connectivity index (χ0n) is 35.6. The highest BCUT2D eigenvalue weighted by Gasteiger charge is 2.58. The van der Waals surface area contributed by atoms with Gasteiger partial charge in [-0.1, -0.05) is 39.3 Å². The molecule has 4 fully saturated rings. The number of amides is 1. The van der Waals surface area contributed by atoms with E-state index in [4.69, 9.17) is 28.4 Å². The van der Waals surface area contributed by atoms with Crippen LogP contribution in [0.5, 0.6) is 0 Å². The summed E-state index contributed by atoms with van der Waals surface area (Å²) in [6.07, 6.45) is 0.937. The van der Waals surface area contributed by atoms with E-state index in [2.05, 4.69) is 13.0 Å². The van der Waals surface area contributed by atoms with E-state index in [0.717, 1.165) is 5.57 Å². The molecule has 1 aliphatic carbocycles. The highest BCUT2D eigenvalue weighted by molar-refractivity contribution is 6.39. The number of hydrogen-bond acceptors (Lipinski definition) is 13. The fraction of sp³-hybridized carbons (Fsp3) is 0.884. The van der Waals surface area contributed by atoms with Gasteiger partial charge in [0.05, 0.1) is 42.7 Å². The Morgan fingerprint density at radius 2 is 1.58 bits per heavy atom. The molecule has 17 atom stereocenters. The van der Waals surface area contributed by atoms with Gasteiger partial charge in [0.2, 0.25) is 5.79 Å². The molecule has 57 heavy (non-hydrogen) atoms. The number of rotatable bonds is 8. The molecule has 4 aliphatic heterocycles. The quantitative estimate of drug-likeness (QED) is 0.159. The number of methoxy groups -OCH3 is 3. The van der Waals surface area contributed by atoms with E-state index in [1.165, 1.54) is 4.90 Å². The van der Waals surface area contributed by atoms with Crippen molar-refractivity contribution in [3.63, 3.8) is 0 Å². The van der Waals surface area contributed by atoms with Crippen LogP contribution in [0.4, 0.5) is 0 Å². The summed E-state index contributed by atoms with van der Waals surface area (Å²) in [4.78, 5) is 43.9. The Labute approximate surface area is 338 Å². The molecule has 4 heterocycles. The Bertz CT molecular complexity index is 1430. The third-order valence-corrected chi connectivity index (χ3v) is 14.2. The Kier molecular flexibility index (Phi) is 15.5. The van der Waals surface area contributed by atoms with Crippen molar-refractivity contribution >= 4 is 17.7 Å². The Morgan fingerprint density at radius 3 is 2.23 bits per heavy atom. The number of ether oxygens (including phenoxy) is 6. The number of aliphatic hydroxyl groups is 4. The number of carbonyl (C=O) groups excluding carboxylic acids is 3. The summed E-state index contributed by atoms with van der Waals surface area (Å²) in [5.74, 6) is -6.94. The number of hydrogen-bond donors (Lipinski definition) is 4. The molecular weight excluding hydrogens is 738 g/mol. The summed E-state index contributed by atoms with van der Waals surface area (Å²) in [6.45, 7) is 11.5. The van der Waals surface area contributed by atoms with Crippen molar-refractivity contribution in [3.05, 3.63) is 11.6 Å². The molecule has 0 radical (unpaired) electrons. The molecule has 14 nitrogen and oxygen atoms in total. The molecule has 3 saturated heterocycles. The van der Waals surface area contributed by atoms with E-state index in [9.17, 15) is 34.8 Å². The molecule has 5 rings (SSSR count). The number of nitrogens with zero attached hydrogens (tertiary/aromatic N) is 1. The second-order valence-electron chi connectivity index (χ2n) is 18.1. The first-order chi connectivity index (χ1) is 26.9. The summed E-state index contributed by atoms with van der Waals surface area (Å²) < 4.78 is 36.6. The lowest BCUT2D eigenvalue weighted by Crippen LogP contribution is -2.64. The van der Waals surface area contributed by atoms with Crippen molar-refractivity contribution in [2.75, 3.05) is 27.9 Å². The molecule has 0 aromatic carbocycles. The number of cyclic esters (lactones) is 1. The summed E-state index contributed by atoms with van der Waals surface area (Å²) in [7, 11) is 4.65. The third-order valence-electron chi connectivity index (χ3n) is 14.2. The van der Waals surface area contributed by atoms with E-state index in [-0.39, 0.29) is 43.6 Å². The first-order valence-corrected chi connectivity index (χ1v) is 21.4. The smallest absolute Gasteiger partial charge is 0.329 e. The molecule has 3 unspecified atom stereocenters. The molecule has 0 aromatic rings. The minimum atomic E-state index is -2.46. The van der Waals surface area contributed by atoms with Crippen LogP contribution < -0.4 is 0 Å². The lowest BCUT2D eigenvalue weighted by Gasteiger charge is -2.47. The molecule has 326 valence electrons. The van der Waals surface area contributed by atoms with Gasteiger partial charge in [-0.05, 0) is 89.9 Å². The SMILES string of the molecule is CCC1/C=C(\C)C[C@H](C)C[C@H](OC)[C@H]2O[C@@](O)(C(=O)C(=O)N3CCCC[C@H]3C(=O)O[C@@H]1C[C@@H]1OC(C)(C(O)[C@@H]3CC[C@@H](O)[C@H](OC)C3)[C@@H](O)[C@H]1C)[C@H](C)C[C@@H]2OC. The predicted octanol–water partition coefficient (Wildman–Crippen LogP) is 3.48. The average Bonchev–Trinajstić information content (AvgIpc) is 3.42. The largest absolute Gasteiger partial charge is 0.460 e. The Hall–Kier alpha value is -2.01. The van der Waals surface area contributed by atoms with E-state index in [1.54, 1.807) is 35.2 Å². The van der Waals surface area contributed by atoms with E-state index in [0.29, 0.717) is 51.4 Å². The molecule has 14 heteroatoms. The first-order valence-electron chi connectivity index (χ1n) is 21.4. The number of fused-ring (bicyclic) bond motifs is 3. The number of piperidine rings is 1. The molecule has 1 amide bonds. The van der Waals surface area contributed by atoms with Crippen LogP contribution in [0.3, 0.4) is 0 Å². The lowest BCUT2D eigenvalue weighted by molar-refractivity contribution is -0.302. The van der Waals surface area contributed by atoms with Crippen LogP contribution in [0.1, 0.15) is 112 Å². The second-order valence-corrected chi connectivity index (χ2v) is 18.1. The Morgan fingerprint density at radius 1 is 0.912 bits per heavy atom. The lowest BCUT2D eigenvalue weighted by atomic mass is 9.74. The maximum Gasteiger partial charge on any atom is 0.329 e. The maximum absolute atomic E-state index is 14.4. The monoisotopic (exact) mass is 809 g/mol. The molecular formula is C43H71NO13. The van der Waals surface area contributed by atoms with Crippen LogP contribution in [-0.4, -0.2) is 143 Å². The van der Waals surface area contributed by atoms with E-state index >= 15 is 0 Å². The van der Waals surface area contributed by atoms with Gasteiger partial charge in [-0.15, -0.1) is 0 Å². The summed E-state index contributed by atoms with van der Waals surface area (Å²) in [6, 6.07) is -1.07. The van der Waals surface area contributed by atoms with Crippen molar-refractivity contribution in [2.45, 2.75) is 185 Å². The van der Waals surface area contributed by atoms with Gasteiger partial charge in [0.25, 0.3) is 11.7 Å². The van der Waals surface area contributed by atoms with Crippen LogP contribution in [0.25, 0.3) is 0 Å². The summed E-state index contributed by atoms with van der Waals surface area (Å²) >= 11 is 0. The third kappa shape index (κ3) is 9.49. The number of ketones is 1. The number of allylic oxidation sites excluding steroid dienone is 1. The van der Waals surface area contributed by atoms with Gasteiger partial charge in [0.15, 0.2) is 0 Å². The number of Topliss-reactive ketones (excluding diaryl/α,β-unsaturated/α-hetero) is 1. The number of carbonyl (C=O) groups is 3. The van der Waals surface area contributed by atoms with Gasteiger partial charge in [-0.2, -0.15) is 0 Å². The zero-order valence-corrected chi connectivity index (χ0v) is 35.6. The van der Waals surface area contributed by atoms with Gasteiger partial charge in [0, 0.05) is 52.0 Å². The van der Waals surface area contributed by atoms with Gasteiger partial charge in [-0.3, -0.25) is 9.59 Å². The molecule has 0 aromatic heterocycles. The fourth-order valence-electron chi connectivity index (χ4n) is 10.5. The number of aliphatic hydroxyl groups excluding tert-OH is 3. The zero-order chi connectivity index (χ0) is 42.0. The van der Waals surface area contributed by atoms with E-state index < -0.39 is 102 Å². The van der Waals surface area contributed by atoms with Crippen molar-refractivity contribution in [1.82, 2.24) is 4.90 Å². The summed E-state index contributed by atoms with van der Waals surface area (Å²) in [5, 5.41) is 45.8. The first kappa shape index (κ1) is 46.1. The average molecular weight is 810 g/mol. The number of esters is 1. The van der Waals surface area contributed by atoms with Crippen LogP contribution in [-0.2, 0) is 42.8 Å². The van der Waals surface area contributed by atoms with Crippen LogP contribution in [0, 0.1) is 29.6 Å². The Balaban J connectivity index is 1.48. The van der Waals surface area contributed by atoms with Gasteiger partial charge in [-0.25, -0.2) is 4.79 Å². The maximum atomic E-state index is 14.4. The highest BCUT2D eigenvalue weighted by atomic mass is 16.7. The molecule has 0 spiro atoms. The second kappa shape index (κ2) is 19.1. The molecule has 4 N–H and O–H groups in total. The standard InChI is InChI=1S/C43H71NO13/c1-10-27-18-23(2)17-24(3)19-34(53-8)36-35(54-9)20-25(4)43(51,57-36)39(48)40(49)44-16-12-11-13-29(44)41(50)55-32(27)22-31-26(5)37(46)42(6,56-31)38(47)28-14-15-30(45)33(21-28)52-7/h18,24-38,45-47,51H,10-17,19-22H2,1-9H3/b23-18+/t24-,25+,26-,27?,28+,29-,30+,31-,32+,33+,34-,35-,36+,37-,38?,42?,43+/m0/s1. The fourth-order valence-corrected chi connectivity index (χ4v) is 10.5. The van der Waals surface area contributed by atoms with Crippen LogP contribution >= 0.6 is 0 Å². The van der Waals surface area contributed by atoms with Crippen molar-refractivity contribution in [3.8, 4) is 0 Å². The molecule has 1 saturated carbocycles. The van der Waals surface area contributed by atoms with Gasteiger partial charge < -0.3 is 53.7 Å². The summed E-state index contributed by atoms with van der Waals surface area (Å²) in [5.41, 5.74) is -0.256. The molecule has 5 aliphatic rings. The van der Waals surface area contributed by atoms with Crippen molar-refractivity contribution < 1.29 is 63.2 Å². The van der Waals surface area contributed by atoms with Crippen molar-refractivity contribution in [1.29, 1.82) is 0 Å². The molecule has 2 bridgehead atoms. The minimum absolute atomic E-state index is 0.0642. The van der Waals surface area contributed by atoms with Gasteiger partial charge >= 0.3 is 5.97 Å². The van der Waals surface area contributed by atoms with Gasteiger partial charge in [0.1, 0.15) is 23.9 Å². The highest BCUT2D eigenvalue weighted by Crippen LogP contribution is 2.45. The van der Waals surface area contributed by atoms with Crippen molar-refractivity contribution in [2.24, 2.45) is 29.6 Å². The normalized spacial score (nSPS) is 45.7. The van der Waals surface area contributed by atoms with E-state index in [1.807, 2.05) is 20.8 Å². The van der Waals surface area contributed by atoms with Crippen LogP contribution in [0.15, 0.2) is 11.6 Å². The topological polar surface area (TPSA) is 191 Å². The minimum Gasteiger partial charge on any atom is -0.460 e. The van der Waals surface area contributed by atoms with Crippen LogP contribution in [0.2, 0.25) is 0 Å². The predicted molar refractivity (Wildman–Crippen MR) is 209 cm³/mol.